The minimum atomic E-state index is -1.08. The monoisotopic (exact) mass is 454 g/mol. The second-order valence-corrected chi connectivity index (χ2v) is 7.47. The number of hydrogen-bond donors (Lipinski definition) is 3. The molecule has 0 spiro atoms. The molecule has 0 aliphatic carbocycles. The summed E-state index contributed by atoms with van der Waals surface area (Å²) in [5.74, 6) is 3.09. The van der Waals surface area contributed by atoms with E-state index >= 15 is 0 Å². The SMILES string of the molecule is Cn1c(=O)n(Cc2ccc(F)c(F)c2)c(=O)c2cc(C(=O)NCC3=CN(N)NC=C3)ccc21. The average molecular weight is 454 g/mol. The van der Waals surface area contributed by atoms with Gasteiger partial charge in [0.05, 0.1) is 17.4 Å². The van der Waals surface area contributed by atoms with E-state index in [1.807, 2.05) is 0 Å². The molecule has 0 fully saturated rings. The van der Waals surface area contributed by atoms with Gasteiger partial charge < -0.3 is 5.32 Å². The molecule has 2 heterocycles. The van der Waals surface area contributed by atoms with Crippen molar-refractivity contribution in [1.29, 1.82) is 0 Å². The van der Waals surface area contributed by atoms with E-state index in [0.717, 1.165) is 22.3 Å². The van der Waals surface area contributed by atoms with Gasteiger partial charge in [-0.2, -0.15) is 0 Å². The first-order valence-electron chi connectivity index (χ1n) is 9.87. The minimum Gasteiger partial charge on any atom is -0.348 e. The summed E-state index contributed by atoms with van der Waals surface area (Å²) in [5, 5.41) is 4.13. The molecule has 2 aromatic carbocycles. The lowest BCUT2D eigenvalue weighted by Crippen LogP contribution is -2.39. The Balaban J connectivity index is 1.67. The van der Waals surface area contributed by atoms with E-state index in [9.17, 15) is 23.2 Å². The first-order chi connectivity index (χ1) is 15.7. The quantitative estimate of drug-likeness (QED) is 0.493. The van der Waals surface area contributed by atoms with Gasteiger partial charge in [0.2, 0.25) is 0 Å². The number of rotatable bonds is 5. The number of aryl methyl sites for hydroxylation is 1. The molecule has 11 heteroatoms. The van der Waals surface area contributed by atoms with Crippen LogP contribution in [0, 0.1) is 11.6 Å². The number of benzene rings is 2. The zero-order valence-corrected chi connectivity index (χ0v) is 17.5. The van der Waals surface area contributed by atoms with Crippen LogP contribution >= 0.6 is 0 Å². The third-order valence-corrected chi connectivity index (χ3v) is 5.22. The predicted molar refractivity (Wildman–Crippen MR) is 118 cm³/mol. The van der Waals surface area contributed by atoms with Gasteiger partial charge in [-0.1, -0.05) is 6.07 Å². The second kappa shape index (κ2) is 8.71. The van der Waals surface area contributed by atoms with Crippen molar-refractivity contribution >= 4 is 16.8 Å². The van der Waals surface area contributed by atoms with Crippen molar-refractivity contribution in [2.75, 3.05) is 6.54 Å². The van der Waals surface area contributed by atoms with Crippen LogP contribution in [0.5, 0.6) is 0 Å². The molecule has 1 aromatic heterocycles. The molecule has 0 saturated carbocycles. The molecule has 4 N–H and O–H groups in total. The van der Waals surface area contributed by atoms with Gasteiger partial charge in [-0.25, -0.2) is 24.5 Å². The molecule has 33 heavy (non-hydrogen) atoms. The molecular formula is C22H20F2N6O3. The highest BCUT2D eigenvalue weighted by Crippen LogP contribution is 2.13. The molecule has 3 aromatic rings. The fourth-order valence-electron chi connectivity index (χ4n) is 3.50. The maximum atomic E-state index is 13.6. The zero-order valence-electron chi connectivity index (χ0n) is 17.5. The van der Waals surface area contributed by atoms with Gasteiger partial charge in [0.15, 0.2) is 11.6 Å². The molecule has 1 aliphatic rings. The summed E-state index contributed by atoms with van der Waals surface area (Å²) in [4.78, 5) is 38.5. The van der Waals surface area contributed by atoms with Crippen LogP contribution in [0.15, 0.2) is 70.0 Å². The molecule has 1 aliphatic heterocycles. The van der Waals surface area contributed by atoms with Gasteiger partial charge in [-0.15, -0.1) is 0 Å². The number of carbonyl (C=O) groups excluding carboxylic acids is 1. The first-order valence-corrected chi connectivity index (χ1v) is 9.87. The van der Waals surface area contributed by atoms with E-state index in [4.69, 9.17) is 5.84 Å². The Bertz CT molecular complexity index is 1440. The van der Waals surface area contributed by atoms with Crippen molar-refractivity contribution in [1.82, 2.24) is 25.0 Å². The van der Waals surface area contributed by atoms with Gasteiger partial charge >= 0.3 is 5.69 Å². The summed E-state index contributed by atoms with van der Waals surface area (Å²) >= 11 is 0. The number of nitrogens with one attached hydrogen (secondary N) is 2. The number of aromatic nitrogens is 2. The van der Waals surface area contributed by atoms with Crippen LogP contribution in [0.1, 0.15) is 15.9 Å². The minimum absolute atomic E-state index is 0.140. The smallest absolute Gasteiger partial charge is 0.331 e. The molecule has 170 valence electrons. The van der Waals surface area contributed by atoms with Crippen LogP contribution in [0.25, 0.3) is 10.9 Å². The fourth-order valence-corrected chi connectivity index (χ4v) is 3.50. The lowest BCUT2D eigenvalue weighted by molar-refractivity contribution is 0.0957. The Morgan fingerprint density at radius 3 is 2.64 bits per heavy atom. The summed E-state index contributed by atoms with van der Waals surface area (Å²) in [7, 11) is 1.49. The maximum Gasteiger partial charge on any atom is 0.331 e. The van der Waals surface area contributed by atoms with Crippen molar-refractivity contribution < 1.29 is 13.6 Å². The number of nitrogens with zero attached hydrogens (tertiary/aromatic N) is 3. The number of hydrazine groups is 2. The highest BCUT2D eigenvalue weighted by molar-refractivity contribution is 5.98. The molecular weight excluding hydrogens is 434 g/mol. The van der Waals surface area contributed by atoms with Crippen LogP contribution in [-0.4, -0.2) is 26.7 Å². The van der Waals surface area contributed by atoms with E-state index in [1.165, 1.54) is 41.0 Å². The Morgan fingerprint density at radius 1 is 1.12 bits per heavy atom. The average Bonchev–Trinajstić information content (AvgIpc) is 2.80. The lowest BCUT2D eigenvalue weighted by atomic mass is 10.1. The van der Waals surface area contributed by atoms with Gasteiger partial charge in [-0.05, 0) is 47.5 Å². The number of amides is 1. The van der Waals surface area contributed by atoms with E-state index in [-0.39, 0.29) is 29.6 Å². The molecule has 0 unspecified atom stereocenters. The third-order valence-electron chi connectivity index (χ3n) is 5.22. The standard InChI is InChI=1S/C22H20F2N6O3/c1-28-19-5-3-15(20(31)26-10-14-6-7-27-30(25)12-14)9-16(19)21(32)29(22(28)33)11-13-2-4-17(23)18(24)8-13/h2-9,12,27H,10-11,25H2,1H3,(H,26,31). The number of fused-ring (bicyclic) bond motifs is 1. The Morgan fingerprint density at radius 2 is 1.91 bits per heavy atom. The summed E-state index contributed by atoms with van der Waals surface area (Å²) in [6.45, 7) is -0.0461. The Labute approximate surface area is 186 Å². The molecule has 4 rings (SSSR count). The van der Waals surface area contributed by atoms with Gasteiger partial charge in [0.1, 0.15) is 0 Å². The first kappa shape index (κ1) is 22.0. The van der Waals surface area contributed by atoms with Crippen molar-refractivity contribution in [3.8, 4) is 0 Å². The maximum absolute atomic E-state index is 13.6. The second-order valence-electron chi connectivity index (χ2n) is 7.47. The van der Waals surface area contributed by atoms with Crippen LogP contribution in [-0.2, 0) is 13.6 Å². The fraction of sp³-hybridized carbons (Fsp3) is 0.136. The number of halogens is 2. The summed E-state index contributed by atoms with van der Waals surface area (Å²) in [5.41, 5.74) is 3.03. The van der Waals surface area contributed by atoms with Crippen LogP contribution < -0.4 is 27.8 Å². The largest absolute Gasteiger partial charge is 0.348 e. The number of carbonyl (C=O) groups is 1. The van der Waals surface area contributed by atoms with Crippen molar-refractivity contribution in [2.45, 2.75) is 6.54 Å². The van der Waals surface area contributed by atoms with Crippen molar-refractivity contribution in [2.24, 2.45) is 12.9 Å². The van der Waals surface area contributed by atoms with Crippen LogP contribution in [0.4, 0.5) is 8.78 Å². The van der Waals surface area contributed by atoms with Crippen molar-refractivity contribution in [3.63, 3.8) is 0 Å². The molecule has 9 nitrogen and oxygen atoms in total. The van der Waals surface area contributed by atoms with Gasteiger partial charge in [-0.3, -0.25) is 24.1 Å². The molecule has 0 bridgehead atoms. The van der Waals surface area contributed by atoms with E-state index < -0.39 is 28.8 Å². The zero-order chi connectivity index (χ0) is 23.7. The van der Waals surface area contributed by atoms with E-state index in [2.05, 4.69) is 10.7 Å². The van der Waals surface area contributed by atoms with Crippen molar-refractivity contribution in [3.05, 3.63) is 104 Å². The molecule has 0 radical (unpaired) electrons. The number of nitrogens with two attached hydrogens (primary N) is 1. The van der Waals surface area contributed by atoms with E-state index in [0.29, 0.717) is 5.52 Å². The van der Waals surface area contributed by atoms with Gasteiger partial charge in [0.25, 0.3) is 11.5 Å². The summed E-state index contributed by atoms with van der Waals surface area (Å²) in [6.07, 6.45) is 4.97. The van der Waals surface area contributed by atoms with E-state index in [1.54, 1.807) is 18.5 Å². The summed E-state index contributed by atoms with van der Waals surface area (Å²) < 4.78 is 29.0. The highest BCUT2D eigenvalue weighted by Gasteiger charge is 2.15. The normalized spacial score (nSPS) is 13.1. The molecule has 1 amide bonds. The van der Waals surface area contributed by atoms with Crippen LogP contribution in [0.2, 0.25) is 0 Å². The topological polar surface area (TPSA) is 114 Å². The Hall–Kier alpha value is -4.25. The third kappa shape index (κ3) is 4.39. The number of hydrogen-bond acceptors (Lipinski definition) is 6. The predicted octanol–water partition coefficient (Wildman–Crippen LogP) is 0.848. The Kier molecular flexibility index (Phi) is 5.80. The highest BCUT2D eigenvalue weighted by atomic mass is 19.2. The summed E-state index contributed by atoms with van der Waals surface area (Å²) in [6, 6.07) is 7.58. The van der Waals surface area contributed by atoms with Gasteiger partial charge in [0, 0.05) is 31.6 Å². The molecule has 0 atom stereocenters. The molecule has 0 saturated heterocycles. The van der Waals surface area contributed by atoms with Crippen LogP contribution in [0.3, 0.4) is 0 Å². The lowest BCUT2D eigenvalue weighted by Gasteiger charge is -2.19.